The number of rotatable bonds is 8. The van der Waals surface area contributed by atoms with E-state index in [1.54, 1.807) is 6.07 Å². The maximum atomic E-state index is 13.3. The van der Waals surface area contributed by atoms with Gasteiger partial charge in [0.2, 0.25) is 0 Å². The second-order valence-corrected chi connectivity index (χ2v) is 14.0. The van der Waals surface area contributed by atoms with E-state index < -0.39 is 11.6 Å². The molecule has 2 saturated carbocycles. The molecular formula is C31H46N2O5. The van der Waals surface area contributed by atoms with E-state index in [0.29, 0.717) is 18.1 Å². The molecular weight excluding hydrogens is 480 g/mol. The maximum absolute atomic E-state index is 13.3. The van der Waals surface area contributed by atoms with E-state index >= 15 is 0 Å². The average Bonchev–Trinajstić information content (AvgIpc) is 3.58. The molecule has 0 amide bonds. The van der Waals surface area contributed by atoms with E-state index in [0.717, 1.165) is 50.3 Å². The van der Waals surface area contributed by atoms with Gasteiger partial charge in [0.05, 0.1) is 11.0 Å². The van der Waals surface area contributed by atoms with Crippen molar-refractivity contribution in [2.24, 2.45) is 11.8 Å². The molecule has 2 heterocycles. The predicted molar refractivity (Wildman–Crippen MR) is 146 cm³/mol. The van der Waals surface area contributed by atoms with Crippen LogP contribution in [-0.2, 0) is 26.1 Å². The summed E-state index contributed by atoms with van der Waals surface area (Å²) in [7, 11) is 1.88. The van der Waals surface area contributed by atoms with Gasteiger partial charge in [-0.1, -0.05) is 19.9 Å². The number of aromatic hydroxyl groups is 1. The summed E-state index contributed by atoms with van der Waals surface area (Å²) in [6, 6.07) is 3.72. The Labute approximate surface area is 227 Å². The van der Waals surface area contributed by atoms with Crippen molar-refractivity contribution in [1.82, 2.24) is 10.2 Å². The van der Waals surface area contributed by atoms with E-state index in [4.69, 9.17) is 14.2 Å². The van der Waals surface area contributed by atoms with Crippen LogP contribution < -0.4 is 10.1 Å². The van der Waals surface area contributed by atoms with Crippen LogP contribution in [0.1, 0.15) is 84.3 Å². The minimum Gasteiger partial charge on any atom is -0.504 e. The van der Waals surface area contributed by atoms with Crippen LogP contribution in [-0.4, -0.2) is 71.6 Å². The van der Waals surface area contributed by atoms with Crippen molar-refractivity contribution >= 4 is 5.97 Å². The Morgan fingerprint density at radius 1 is 1.24 bits per heavy atom. The first-order chi connectivity index (χ1) is 18.0. The fraction of sp³-hybridized carbons (Fsp3) is 0.774. The Kier molecular flexibility index (Phi) is 6.32. The summed E-state index contributed by atoms with van der Waals surface area (Å²) in [6.45, 7) is 12.2. The molecule has 5 aliphatic rings. The van der Waals surface area contributed by atoms with Crippen LogP contribution >= 0.6 is 0 Å². The summed E-state index contributed by atoms with van der Waals surface area (Å²) in [5.41, 5.74) is 1.16. The first-order valence-corrected chi connectivity index (χ1v) is 14.8. The number of esters is 1. The van der Waals surface area contributed by atoms with Crippen LogP contribution in [0, 0.1) is 11.8 Å². The van der Waals surface area contributed by atoms with E-state index in [2.05, 4.69) is 30.1 Å². The third-order valence-corrected chi connectivity index (χ3v) is 9.90. The summed E-state index contributed by atoms with van der Waals surface area (Å²) in [5, 5.41) is 14.7. The van der Waals surface area contributed by atoms with Crippen LogP contribution in [0.4, 0.5) is 0 Å². The first kappa shape index (κ1) is 26.4. The van der Waals surface area contributed by atoms with E-state index in [1.165, 1.54) is 18.4 Å². The van der Waals surface area contributed by atoms with Crippen molar-refractivity contribution in [3.05, 3.63) is 23.3 Å². The molecule has 1 spiro atoms. The van der Waals surface area contributed by atoms with Crippen LogP contribution in [0.5, 0.6) is 11.5 Å². The predicted octanol–water partition coefficient (Wildman–Crippen LogP) is 4.33. The first-order valence-electron chi connectivity index (χ1n) is 14.8. The largest absolute Gasteiger partial charge is 0.504 e. The highest BCUT2D eigenvalue weighted by Gasteiger charge is 2.74. The number of nitrogens with one attached hydrogen (secondary N) is 1. The molecule has 0 radical (unpaired) electrons. The van der Waals surface area contributed by atoms with Gasteiger partial charge < -0.3 is 19.3 Å². The molecule has 0 unspecified atom stereocenters. The van der Waals surface area contributed by atoms with Crippen molar-refractivity contribution < 1.29 is 24.1 Å². The van der Waals surface area contributed by atoms with Crippen molar-refractivity contribution in [3.63, 3.8) is 0 Å². The molecule has 2 N–H and O–H groups in total. The Hall–Kier alpha value is -1.83. The number of nitrogens with zero attached hydrogens (tertiary/aromatic N) is 1. The Morgan fingerprint density at radius 2 is 2.00 bits per heavy atom. The zero-order valence-corrected chi connectivity index (χ0v) is 24.0. The second-order valence-electron chi connectivity index (χ2n) is 14.0. The van der Waals surface area contributed by atoms with E-state index in [-0.39, 0.29) is 40.9 Å². The van der Waals surface area contributed by atoms with Crippen molar-refractivity contribution in [1.29, 1.82) is 0 Å². The quantitative estimate of drug-likeness (QED) is 0.488. The zero-order valence-electron chi connectivity index (χ0n) is 24.0. The summed E-state index contributed by atoms with van der Waals surface area (Å²) >= 11 is 0. The molecule has 7 heteroatoms. The van der Waals surface area contributed by atoms with Gasteiger partial charge in [0.25, 0.3) is 0 Å². The van der Waals surface area contributed by atoms with E-state index in [9.17, 15) is 9.90 Å². The summed E-state index contributed by atoms with van der Waals surface area (Å²) in [4.78, 5) is 16.1. The summed E-state index contributed by atoms with van der Waals surface area (Å²) < 4.78 is 19.3. The van der Waals surface area contributed by atoms with Gasteiger partial charge in [0.15, 0.2) is 11.5 Å². The van der Waals surface area contributed by atoms with Gasteiger partial charge in [-0.2, -0.15) is 0 Å². The van der Waals surface area contributed by atoms with E-state index in [1.807, 2.05) is 27.9 Å². The summed E-state index contributed by atoms with van der Waals surface area (Å²) in [6.07, 6.45) is 6.73. The molecule has 6 rings (SSSR count). The minimum absolute atomic E-state index is 0.0528. The molecule has 3 aliphatic carbocycles. The molecule has 210 valence electrons. The lowest BCUT2D eigenvalue weighted by molar-refractivity contribution is -0.208. The maximum Gasteiger partial charge on any atom is 0.323 e. The van der Waals surface area contributed by atoms with Gasteiger partial charge in [-0.05, 0) is 95.7 Å². The monoisotopic (exact) mass is 526 g/mol. The van der Waals surface area contributed by atoms with Gasteiger partial charge in [0.1, 0.15) is 17.7 Å². The topological polar surface area (TPSA) is 80.3 Å². The number of methoxy groups -OCH3 is 1. The van der Waals surface area contributed by atoms with Crippen molar-refractivity contribution in [2.75, 3.05) is 20.2 Å². The highest BCUT2D eigenvalue weighted by atomic mass is 16.6. The molecule has 2 bridgehead atoms. The molecule has 1 aromatic carbocycles. The SMILES string of the molecule is CO[C@@]12CC[C@H](N[C@@H](CC(C)C)C(=O)OC(C)(C)C)[C@@H]3Oc4c(O)ccc5c4[C@@]31CCN(CC1CC1)[C@@H]2C5. The Morgan fingerprint density at radius 3 is 2.66 bits per heavy atom. The van der Waals surface area contributed by atoms with Crippen LogP contribution in [0.2, 0.25) is 0 Å². The Bertz CT molecular complexity index is 1090. The lowest BCUT2D eigenvalue weighted by Crippen LogP contribution is -2.79. The lowest BCUT2D eigenvalue weighted by Gasteiger charge is -2.66. The highest BCUT2D eigenvalue weighted by Crippen LogP contribution is 2.66. The number of benzene rings is 1. The minimum atomic E-state index is -0.545. The van der Waals surface area contributed by atoms with Crippen LogP contribution in [0.15, 0.2) is 12.1 Å². The standard InChI is InChI=1S/C31H46N2O5/c1-18(2)15-22(28(35)38-29(3,4)5)32-21-11-12-31(36-6)24-16-20-9-10-23(34)26-25(20)30(31,27(21)37-26)13-14-33(24)17-19-7-8-19/h9-10,18-19,21-22,24,27,32,34H,7-8,11-17H2,1-6H3/t21-,22-,24+,27-,30-,31+/m0/s1. The number of hydrogen-bond acceptors (Lipinski definition) is 7. The number of likely N-dealkylation sites (tertiary alicyclic amines) is 1. The zero-order chi connectivity index (χ0) is 27.0. The third kappa shape index (κ3) is 3.98. The molecule has 2 aliphatic heterocycles. The molecule has 7 nitrogen and oxygen atoms in total. The van der Waals surface area contributed by atoms with Crippen molar-refractivity contribution in [2.45, 2.75) is 120 Å². The highest BCUT2D eigenvalue weighted by molar-refractivity contribution is 5.76. The fourth-order valence-corrected chi connectivity index (χ4v) is 8.38. The van der Waals surface area contributed by atoms with Crippen LogP contribution in [0.3, 0.4) is 0 Å². The molecule has 1 saturated heterocycles. The average molecular weight is 527 g/mol. The number of carbonyl (C=O) groups excluding carboxylic acids is 1. The van der Waals surface area contributed by atoms with Gasteiger partial charge in [-0.25, -0.2) is 0 Å². The van der Waals surface area contributed by atoms with Gasteiger partial charge in [0, 0.05) is 31.3 Å². The Balaban J connectivity index is 1.39. The van der Waals surface area contributed by atoms with Crippen molar-refractivity contribution in [3.8, 4) is 11.5 Å². The molecule has 6 atom stereocenters. The number of piperidine rings is 1. The number of hydrogen-bond donors (Lipinski definition) is 2. The number of carbonyl (C=O) groups is 1. The number of phenolic OH excluding ortho intramolecular Hbond substituents is 1. The van der Waals surface area contributed by atoms with Gasteiger partial charge in [-0.3, -0.25) is 15.0 Å². The summed E-state index contributed by atoms with van der Waals surface area (Å²) in [5.74, 6) is 1.79. The second kappa shape index (κ2) is 9.10. The molecule has 38 heavy (non-hydrogen) atoms. The normalized spacial score (nSPS) is 34.6. The number of phenols is 1. The number of ether oxygens (including phenoxy) is 3. The smallest absolute Gasteiger partial charge is 0.323 e. The molecule has 0 aromatic heterocycles. The third-order valence-electron chi connectivity index (χ3n) is 9.90. The molecule has 3 fully saturated rings. The van der Waals surface area contributed by atoms with Gasteiger partial charge >= 0.3 is 5.97 Å². The lowest BCUT2D eigenvalue weighted by atomic mass is 9.48. The molecule has 1 aromatic rings. The van der Waals surface area contributed by atoms with Gasteiger partial charge in [-0.15, -0.1) is 0 Å². The van der Waals surface area contributed by atoms with Crippen LogP contribution in [0.25, 0.3) is 0 Å². The fourth-order valence-electron chi connectivity index (χ4n) is 8.38.